The molecule has 1 unspecified atom stereocenters. The molecule has 0 spiro atoms. The monoisotopic (exact) mass is 355 g/mol. The minimum atomic E-state index is -2.25. The SMILES string of the molecule is CN(C)C(=O)C(O[Si](C)(C)C)(C(=O)c1ccccc1)c1ccccc1. The summed E-state index contributed by atoms with van der Waals surface area (Å²) in [4.78, 5) is 28.2. The molecule has 0 saturated heterocycles. The highest BCUT2D eigenvalue weighted by Crippen LogP contribution is 2.35. The van der Waals surface area contributed by atoms with Crippen molar-refractivity contribution in [2.45, 2.75) is 25.2 Å². The second-order valence-electron chi connectivity index (χ2n) is 7.16. The molecule has 0 aromatic heterocycles. The van der Waals surface area contributed by atoms with Crippen molar-refractivity contribution in [3.05, 3.63) is 71.8 Å². The Morgan fingerprint density at radius 1 is 0.880 bits per heavy atom. The molecule has 25 heavy (non-hydrogen) atoms. The summed E-state index contributed by atoms with van der Waals surface area (Å²) in [5.74, 6) is -0.699. The molecule has 132 valence electrons. The van der Waals surface area contributed by atoms with Gasteiger partial charge in [-0.2, -0.15) is 0 Å². The van der Waals surface area contributed by atoms with Crippen molar-refractivity contribution in [3.63, 3.8) is 0 Å². The lowest BCUT2D eigenvalue weighted by molar-refractivity contribution is -0.143. The molecule has 2 aromatic carbocycles. The number of ketones is 1. The van der Waals surface area contributed by atoms with Gasteiger partial charge in [0.15, 0.2) is 8.32 Å². The molecule has 0 N–H and O–H groups in total. The van der Waals surface area contributed by atoms with Crippen LogP contribution in [0.5, 0.6) is 0 Å². The topological polar surface area (TPSA) is 46.6 Å². The standard InChI is InChI=1S/C20H25NO3Si/c1-21(2)19(23)20(24-25(3,4)5,17-14-10-7-11-15-17)18(22)16-12-8-6-9-13-16/h6-15H,1-5H3. The molecular formula is C20H25NO3Si. The van der Waals surface area contributed by atoms with Gasteiger partial charge in [-0.25, -0.2) is 0 Å². The van der Waals surface area contributed by atoms with Crippen LogP contribution in [-0.4, -0.2) is 39.0 Å². The molecule has 1 amide bonds. The predicted molar refractivity (Wildman–Crippen MR) is 102 cm³/mol. The Morgan fingerprint density at radius 3 is 1.80 bits per heavy atom. The number of likely N-dealkylation sites (N-methyl/N-ethyl adjacent to an activating group) is 1. The summed E-state index contributed by atoms with van der Waals surface area (Å²) in [7, 11) is 1.04. The lowest BCUT2D eigenvalue weighted by atomic mass is 9.84. The summed E-state index contributed by atoms with van der Waals surface area (Å²) in [5.41, 5.74) is -0.652. The summed E-state index contributed by atoms with van der Waals surface area (Å²) < 4.78 is 6.35. The van der Waals surface area contributed by atoms with Crippen LogP contribution in [0.3, 0.4) is 0 Å². The molecule has 0 aliphatic rings. The van der Waals surface area contributed by atoms with E-state index < -0.39 is 13.9 Å². The van der Waals surface area contributed by atoms with Gasteiger partial charge in [0.1, 0.15) is 0 Å². The highest BCUT2D eigenvalue weighted by Gasteiger charge is 2.52. The smallest absolute Gasteiger partial charge is 0.266 e. The van der Waals surface area contributed by atoms with Crippen molar-refractivity contribution in [2.24, 2.45) is 0 Å². The normalized spacial score (nSPS) is 13.8. The fourth-order valence-electron chi connectivity index (χ4n) is 2.74. The van der Waals surface area contributed by atoms with E-state index in [1.54, 1.807) is 50.5 Å². The number of rotatable bonds is 6. The second kappa shape index (κ2) is 7.33. The minimum absolute atomic E-state index is 0.333. The third kappa shape index (κ3) is 4.06. The molecular weight excluding hydrogens is 330 g/mol. The Balaban J connectivity index is 2.75. The van der Waals surface area contributed by atoms with Crippen LogP contribution in [0, 0.1) is 0 Å². The zero-order chi connectivity index (χ0) is 18.7. The summed E-state index contributed by atoms with van der Waals surface area (Å²) in [6.07, 6.45) is 0. The van der Waals surface area contributed by atoms with Crippen molar-refractivity contribution in [1.29, 1.82) is 0 Å². The molecule has 2 aromatic rings. The summed E-state index contributed by atoms with van der Waals surface area (Å²) >= 11 is 0. The molecule has 5 heteroatoms. The molecule has 0 saturated carbocycles. The molecule has 1 atom stereocenters. The van der Waals surface area contributed by atoms with Gasteiger partial charge >= 0.3 is 0 Å². The van der Waals surface area contributed by atoms with Crippen LogP contribution in [0.15, 0.2) is 60.7 Å². The molecule has 4 nitrogen and oxygen atoms in total. The van der Waals surface area contributed by atoms with Gasteiger partial charge in [0.2, 0.25) is 11.4 Å². The van der Waals surface area contributed by atoms with E-state index in [9.17, 15) is 9.59 Å². The van der Waals surface area contributed by atoms with Gasteiger partial charge in [-0.1, -0.05) is 60.7 Å². The Bertz CT molecular complexity index is 739. The Morgan fingerprint density at radius 2 is 1.36 bits per heavy atom. The van der Waals surface area contributed by atoms with Crippen LogP contribution in [0.1, 0.15) is 15.9 Å². The predicted octanol–water partition coefficient (Wildman–Crippen LogP) is 3.70. The van der Waals surface area contributed by atoms with E-state index in [-0.39, 0.29) is 11.7 Å². The van der Waals surface area contributed by atoms with E-state index in [2.05, 4.69) is 0 Å². The number of carbonyl (C=O) groups excluding carboxylic acids is 2. The molecule has 0 aliphatic carbocycles. The number of nitrogens with zero attached hydrogens (tertiary/aromatic N) is 1. The average Bonchev–Trinajstić information content (AvgIpc) is 2.59. The van der Waals surface area contributed by atoms with Crippen molar-refractivity contribution in [1.82, 2.24) is 4.90 Å². The maximum Gasteiger partial charge on any atom is 0.266 e. The van der Waals surface area contributed by atoms with Crippen molar-refractivity contribution >= 4 is 20.0 Å². The maximum atomic E-state index is 13.5. The van der Waals surface area contributed by atoms with E-state index in [0.717, 1.165) is 0 Å². The molecule has 0 fully saturated rings. The summed E-state index contributed by atoms with van der Waals surface area (Å²) in [6, 6.07) is 17.9. The van der Waals surface area contributed by atoms with Gasteiger partial charge in [0.25, 0.3) is 5.91 Å². The first-order valence-corrected chi connectivity index (χ1v) is 11.7. The average molecular weight is 356 g/mol. The van der Waals surface area contributed by atoms with Crippen LogP contribution >= 0.6 is 0 Å². The van der Waals surface area contributed by atoms with E-state index in [4.69, 9.17) is 4.43 Å². The van der Waals surface area contributed by atoms with Crippen molar-refractivity contribution in [3.8, 4) is 0 Å². The maximum absolute atomic E-state index is 13.5. The largest absolute Gasteiger partial charge is 0.394 e. The second-order valence-corrected chi connectivity index (χ2v) is 11.6. The van der Waals surface area contributed by atoms with Crippen LogP contribution in [-0.2, 0) is 14.8 Å². The molecule has 0 aliphatic heterocycles. The lowest BCUT2D eigenvalue weighted by Gasteiger charge is -2.38. The molecule has 0 heterocycles. The van der Waals surface area contributed by atoms with Crippen LogP contribution in [0.25, 0.3) is 0 Å². The molecule has 0 bridgehead atoms. The number of benzene rings is 2. The number of hydrogen-bond donors (Lipinski definition) is 0. The fourth-order valence-corrected chi connectivity index (χ4v) is 3.96. The summed E-state index contributed by atoms with van der Waals surface area (Å²) in [6.45, 7) is 5.93. The first-order valence-electron chi connectivity index (χ1n) is 8.26. The Hall–Kier alpha value is -2.24. The third-order valence-corrected chi connectivity index (χ3v) is 4.62. The Kier molecular flexibility index (Phi) is 5.60. The third-order valence-electron chi connectivity index (χ3n) is 3.70. The zero-order valence-electron chi connectivity index (χ0n) is 15.4. The van der Waals surface area contributed by atoms with Gasteiger partial charge < -0.3 is 9.33 Å². The van der Waals surface area contributed by atoms with E-state index in [0.29, 0.717) is 11.1 Å². The first kappa shape index (κ1) is 19.1. The highest BCUT2D eigenvalue weighted by atomic mass is 28.4. The Labute approximate surface area is 150 Å². The van der Waals surface area contributed by atoms with Crippen LogP contribution in [0.4, 0.5) is 0 Å². The quantitative estimate of drug-likeness (QED) is 0.451. The van der Waals surface area contributed by atoms with E-state index >= 15 is 0 Å². The molecule has 2 rings (SSSR count). The zero-order valence-corrected chi connectivity index (χ0v) is 16.4. The van der Waals surface area contributed by atoms with Crippen LogP contribution < -0.4 is 0 Å². The van der Waals surface area contributed by atoms with Crippen molar-refractivity contribution < 1.29 is 14.0 Å². The van der Waals surface area contributed by atoms with Crippen molar-refractivity contribution in [2.75, 3.05) is 14.1 Å². The minimum Gasteiger partial charge on any atom is -0.394 e. The van der Waals surface area contributed by atoms with E-state index in [1.807, 2.05) is 43.9 Å². The van der Waals surface area contributed by atoms with Gasteiger partial charge in [0, 0.05) is 25.2 Å². The van der Waals surface area contributed by atoms with E-state index in [1.165, 1.54) is 4.90 Å². The fraction of sp³-hybridized carbons (Fsp3) is 0.300. The molecule has 0 radical (unpaired) electrons. The van der Waals surface area contributed by atoms with Gasteiger partial charge in [-0.15, -0.1) is 0 Å². The van der Waals surface area contributed by atoms with Gasteiger partial charge in [-0.05, 0) is 19.6 Å². The first-order chi connectivity index (χ1) is 11.7. The van der Waals surface area contributed by atoms with Gasteiger partial charge in [0.05, 0.1) is 0 Å². The van der Waals surface area contributed by atoms with Gasteiger partial charge in [-0.3, -0.25) is 9.59 Å². The number of Topliss-reactive ketones (excluding diaryl/α,β-unsaturated/α-hetero) is 1. The highest BCUT2D eigenvalue weighted by molar-refractivity contribution is 6.70. The number of carbonyl (C=O) groups is 2. The number of amides is 1. The summed E-state index contributed by atoms with van der Waals surface area (Å²) in [5, 5.41) is 0. The lowest BCUT2D eigenvalue weighted by Crippen LogP contribution is -2.55. The number of hydrogen-bond acceptors (Lipinski definition) is 3. The van der Waals surface area contributed by atoms with Crippen LogP contribution in [0.2, 0.25) is 19.6 Å².